The maximum Gasteiger partial charge on any atom is 0.416 e. The first-order valence-electron chi connectivity index (χ1n) is 9.08. The highest BCUT2D eigenvalue weighted by Crippen LogP contribution is 2.29. The molecule has 3 rings (SSSR count). The third kappa shape index (κ3) is 5.33. The van der Waals surface area contributed by atoms with Crippen LogP contribution >= 0.6 is 0 Å². The second kappa shape index (κ2) is 8.45. The van der Waals surface area contributed by atoms with E-state index in [2.05, 4.69) is 10.2 Å². The monoisotopic (exact) mass is 387 g/mol. The van der Waals surface area contributed by atoms with Crippen molar-refractivity contribution < 1.29 is 27.8 Å². The summed E-state index contributed by atoms with van der Waals surface area (Å²) < 4.78 is 43.2. The van der Waals surface area contributed by atoms with Crippen molar-refractivity contribution in [3.63, 3.8) is 0 Å². The molecule has 2 N–H and O–H groups in total. The highest BCUT2D eigenvalue weighted by molar-refractivity contribution is 5.89. The van der Waals surface area contributed by atoms with Gasteiger partial charge in [0, 0.05) is 45.0 Å². The van der Waals surface area contributed by atoms with Crippen LogP contribution in [0.15, 0.2) is 24.3 Å². The van der Waals surface area contributed by atoms with Crippen molar-refractivity contribution in [3.8, 4) is 0 Å². The summed E-state index contributed by atoms with van der Waals surface area (Å²) in [6.45, 7) is 3.45. The van der Waals surface area contributed by atoms with Crippen LogP contribution in [0.4, 0.5) is 23.7 Å². The first kappa shape index (κ1) is 19.9. The molecule has 1 aromatic rings. The minimum Gasteiger partial charge on any atom is -0.389 e. The van der Waals surface area contributed by atoms with E-state index in [4.69, 9.17) is 4.74 Å². The Bertz CT molecular complexity index is 625. The van der Waals surface area contributed by atoms with Crippen LogP contribution in [0.2, 0.25) is 0 Å². The number of nitrogens with zero attached hydrogens (tertiary/aromatic N) is 2. The molecule has 1 aromatic carbocycles. The van der Waals surface area contributed by atoms with Gasteiger partial charge in [-0.1, -0.05) is 0 Å². The van der Waals surface area contributed by atoms with E-state index >= 15 is 0 Å². The first-order chi connectivity index (χ1) is 12.8. The molecule has 0 saturated carbocycles. The third-order valence-electron chi connectivity index (χ3n) is 4.96. The summed E-state index contributed by atoms with van der Waals surface area (Å²) in [5.41, 5.74) is -0.428. The fourth-order valence-corrected chi connectivity index (χ4v) is 3.37. The quantitative estimate of drug-likeness (QED) is 0.833. The maximum atomic E-state index is 12.6. The van der Waals surface area contributed by atoms with Crippen molar-refractivity contribution in [2.75, 3.05) is 44.6 Å². The zero-order valence-electron chi connectivity index (χ0n) is 14.9. The van der Waals surface area contributed by atoms with E-state index in [1.165, 1.54) is 12.1 Å². The Morgan fingerprint density at radius 3 is 2.44 bits per heavy atom. The summed E-state index contributed by atoms with van der Waals surface area (Å²) in [6, 6.07) is 4.04. The third-order valence-corrected chi connectivity index (χ3v) is 4.96. The van der Waals surface area contributed by atoms with Gasteiger partial charge in [-0.25, -0.2) is 4.79 Å². The van der Waals surface area contributed by atoms with Crippen molar-refractivity contribution in [3.05, 3.63) is 29.8 Å². The van der Waals surface area contributed by atoms with Gasteiger partial charge in [0.25, 0.3) is 0 Å². The van der Waals surface area contributed by atoms with Gasteiger partial charge in [0.1, 0.15) is 0 Å². The number of aliphatic hydroxyl groups excluding tert-OH is 1. The van der Waals surface area contributed by atoms with Gasteiger partial charge in [-0.2, -0.15) is 13.2 Å². The summed E-state index contributed by atoms with van der Waals surface area (Å²) in [4.78, 5) is 16.0. The number of ether oxygens (including phenoxy) is 1. The van der Waals surface area contributed by atoms with Gasteiger partial charge in [0.15, 0.2) is 0 Å². The second-order valence-corrected chi connectivity index (χ2v) is 6.91. The number of β-amino-alcohol motifs (C(OH)–C–C–N with tert-alkyl or cyclic N) is 1. The number of amides is 2. The number of hydrogen-bond donors (Lipinski definition) is 2. The topological polar surface area (TPSA) is 65.0 Å². The Kier molecular flexibility index (Phi) is 6.23. The fraction of sp³-hybridized carbons (Fsp3) is 0.611. The minimum atomic E-state index is -4.40. The minimum absolute atomic E-state index is 0.106. The normalized spacial score (nSPS) is 22.7. The van der Waals surface area contributed by atoms with Crippen LogP contribution in [-0.2, 0) is 10.9 Å². The lowest BCUT2D eigenvalue weighted by atomic mass is 10.1. The number of hydrogen-bond acceptors (Lipinski definition) is 4. The zero-order chi connectivity index (χ0) is 19.4. The van der Waals surface area contributed by atoms with Crippen molar-refractivity contribution in [1.82, 2.24) is 9.80 Å². The molecule has 2 atom stereocenters. The van der Waals surface area contributed by atoms with Gasteiger partial charge in [-0.15, -0.1) is 0 Å². The zero-order valence-corrected chi connectivity index (χ0v) is 14.9. The molecule has 9 heteroatoms. The number of aliphatic hydroxyl groups is 1. The molecule has 0 radical (unpaired) electrons. The molecule has 27 heavy (non-hydrogen) atoms. The average Bonchev–Trinajstić information content (AvgIpc) is 3.17. The van der Waals surface area contributed by atoms with Crippen LogP contribution in [0.3, 0.4) is 0 Å². The number of carbonyl (C=O) groups excluding carboxylic acids is 1. The number of nitrogens with one attached hydrogen (secondary N) is 1. The Balaban J connectivity index is 1.44. The van der Waals surface area contributed by atoms with Crippen LogP contribution in [0.5, 0.6) is 0 Å². The molecule has 2 aliphatic heterocycles. The first-order valence-corrected chi connectivity index (χ1v) is 9.08. The number of carbonyl (C=O) groups is 1. The lowest BCUT2D eigenvalue weighted by molar-refractivity contribution is -0.137. The van der Waals surface area contributed by atoms with E-state index in [1.807, 2.05) is 0 Å². The Morgan fingerprint density at radius 1 is 1.22 bits per heavy atom. The molecular formula is C18H24F3N3O3. The predicted octanol–water partition coefficient (Wildman–Crippen LogP) is 2.39. The molecule has 2 aliphatic rings. The summed E-state index contributed by atoms with van der Waals surface area (Å²) in [7, 11) is 0. The van der Waals surface area contributed by atoms with E-state index in [0.29, 0.717) is 45.0 Å². The number of urea groups is 1. The molecule has 2 heterocycles. The SMILES string of the molecule is O=C(Nc1ccc(C(F)(F)F)cc1)N1CCN(C[C@H](O)[C@H]2CCCO2)CC1. The maximum absolute atomic E-state index is 12.6. The molecule has 0 aliphatic carbocycles. The Hall–Kier alpha value is -1.84. The average molecular weight is 387 g/mol. The molecule has 0 unspecified atom stereocenters. The molecule has 0 bridgehead atoms. The number of benzene rings is 1. The van der Waals surface area contributed by atoms with E-state index in [-0.39, 0.29) is 12.1 Å². The van der Waals surface area contributed by atoms with Crippen molar-refractivity contribution in [1.29, 1.82) is 0 Å². The summed E-state index contributed by atoms with van der Waals surface area (Å²) >= 11 is 0. The highest BCUT2D eigenvalue weighted by atomic mass is 19.4. The summed E-state index contributed by atoms with van der Waals surface area (Å²) in [5.74, 6) is 0. The smallest absolute Gasteiger partial charge is 0.389 e. The van der Waals surface area contributed by atoms with E-state index in [1.54, 1.807) is 4.90 Å². The van der Waals surface area contributed by atoms with E-state index in [0.717, 1.165) is 25.0 Å². The number of piperazine rings is 1. The molecule has 0 aromatic heterocycles. The molecule has 2 fully saturated rings. The molecule has 6 nitrogen and oxygen atoms in total. The Labute approximate surface area is 155 Å². The predicted molar refractivity (Wildman–Crippen MR) is 93.5 cm³/mol. The molecular weight excluding hydrogens is 363 g/mol. The highest BCUT2D eigenvalue weighted by Gasteiger charge is 2.30. The molecule has 150 valence electrons. The summed E-state index contributed by atoms with van der Waals surface area (Å²) in [5, 5.41) is 12.8. The van der Waals surface area contributed by atoms with Gasteiger partial charge >= 0.3 is 12.2 Å². The van der Waals surface area contributed by atoms with Gasteiger partial charge in [-0.3, -0.25) is 4.90 Å². The van der Waals surface area contributed by atoms with Gasteiger partial charge in [-0.05, 0) is 37.1 Å². The van der Waals surface area contributed by atoms with Crippen LogP contribution in [0.1, 0.15) is 18.4 Å². The van der Waals surface area contributed by atoms with E-state index in [9.17, 15) is 23.1 Å². The second-order valence-electron chi connectivity index (χ2n) is 6.91. The summed E-state index contributed by atoms with van der Waals surface area (Å²) in [6.07, 6.45) is -3.19. The standard InChI is InChI=1S/C18H24F3N3O3/c19-18(20,21)13-3-5-14(6-4-13)22-17(26)24-9-7-23(8-10-24)12-15(25)16-2-1-11-27-16/h3-6,15-16,25H,1-2,7-12H2,(H,22,26)/t15-,16+/m0/s1. The van der Waals surface area contributed by atoms with Crippen molar-refractivity contribution in [2.24, 2.45) is 0 Å². The number of anilines is 1. The number of alkyl halides is 3. The van der Waals surface area contributed by atoms with Gasteiger partial charge in [0.2, 0.25) is 0 Å². The van der Waals surface area contributed by atoms with Crippen molar-refractivity contribution >= 4 is 11.7 Å². The largest absolute Gasteiger partial charge is 0.416 e. The number of rotatable bonds is 4. The van der Waals surface area contributed by atoms with Gasteiger partial charge in [0.05, 0.1) is 17.8 Å². The molecule has 0 spiro atoms. The van der Waals surface area contributed by atoms with Crippen LogP contribution in [-0.4, -0.2) is 72.5 Å². The Morgan fingerprint density at radius 2 is 1.89 bits per heavy atom. The lowest BCUT2D eigenvalue weighted by Gasteiger charge is -2.36. The van der Waals surface area contributed by atoms with Crippen LogP contribution in [0, 0.1) is 0 Å². The fourth-order valence-electron chi connectivity index (χ4n) is 3.37. The van der Waals surface area contributed by atoms with Crippen molar-refractivity contribution in [2.45, 2.75) is 31.2 Å². The molecule has 2 amide bonds. The molecule has 2 saturated heterocycles. The van der Waals surface area contributed by atoms with Gasteiger partial charge < -0.3 is 20.1 Å². The van der Waals surface area contributed by atoms with E-state index < -0.39 is 17.8 Å². The lowest BCUT2D eigenvalue weighted by Crippen LogP contribution is -2.52. The van der Waals surface area contributed by atoms with Crippen LogP contribution < -0.4 is 5.32 Å². The van der Waals surface area contributed by atoms with Crippen LogP contribution in [0.25, 0.3) is 0 Å². The number of halogens is 3.